The summed E-state index contributed by atoms with van der Waals surface area (Å²) < 4.78 is 35.8. The van der Waals surface area contributed by atoms with Gasteiger partial charge in [-0.3, -0.25) is 0 Å². The minimum atomic E-state index is -3.83. The van der Waals surface area contributed by atoms with Gasteiger partial charge in [0.25, 0.3) is 0 Å². The van der Waals surface area contributed by atoms with E-state index in [0.29, 0.717) is 30.1 Å². The van der Waals surface area contributed by atoms with E-state index in [-0.39, 0.29) is 11.5 Å². The molecular formula is C21H25N3O5S. The van der Waals surface area contributed by atoms with E-state index in [0.717, 1.165) is 23.9 Å². The van der Waals surface area contributed by atoms with Gasteiger partial charge in [-0.2, -0.15) is 0 Å². The maximum absolute atomic E-state index is 12.5. The van der Waals surface area contributed by atoms with Crippen LogP contribution in [0.4, 0.5) is 0 Å². The van der Waals surface area contributed by atoms with Gasteiger partial charge in [0.2, 0.25) is 10.0 Å². The number of unbranched alkanes of at least 4 members (excludes halogenated alkanes) is 1. The van der Waals surface area contributed by atoms with Crippen molar-refractivity contribution in [2.75, 3.05) is 7.11 Å². The summed E-state index contributed by atoms with van der Waals surface area (Å²) in [6, 6.07) is 11.6. The van der Waals surface area contributed by atoms with Crippen LogP contribution in [-0.2, 0) is 39.3 Å². The number of benzene rings is 2. The van der Waals surface area contributed by atoms with Crippen LogP contribution in [-0.4, -0.2) is 31.0 Å². The van der Waals surface area contributed by atoms with Crippen molar-refractivity contribution >= 4 is 27.0 Å². The molecule has 9 heteroatoms. The molecule has 8 nitrogen and oxygen atoms in total. The lowest BCUT2D eigenvalue weighted by Crippen LogP contribution is -2.12. The van der Waals surface area contributed by atoms with Gasteiger partial charge in [-0.25, -0.2) is 23.3 Å². The molecule has 2 N–H and O–H groups in total. The number of aromatic nitrogens is 2. The molecule has 0 aliphatic rings. The lowest BCUT2D eigenvalue weighted by molar-refractivity contribution is 0.0458. The third-order valence-corrected chi connectivity index (χ3v) is 5.58. The Morgan fingerprint density at radius 3 is 2.67 bits per heavy atom. The van der Waals surface area contributed by atoms with Gasteiger partial charge in [-0.15, -0.1) is 0 Å². The zero-order chi connectivity index (χ0) is 21.7. The van der Waals surface area contributed by atoms with E-state index in [1.165, 1.54) is 12.1 Å². The van der Waals surface area contributed by atoms with E-state index >= 15 is 0 Å². The Bertz CT molecular complexity index is 1150. The van der Waals surface area contributed by atoms with E-state index in [9.17, 15) is 13.2 Å². The molecule has 0 aliphatic heterocycles. The third kappa shape index (κ3) is 5.05. The van der Waals surface area contributed by atoms with Crippen molar-refractivity contribution in [2.45, 2.75) is 44.4 Å². The van der Waals surface area contributed by atoms with Crippen molar-refractivity contribution in [3.05, 3.63) is 59.4 Å². The monoisotopic (exact) mass is 431 g/mol. The number of sulfonamides is 1. The van der Waals surface area contributed by atoms with Crippen molar-refractivity contribution in [3.8, 4) is 0 Å². The van der Waals surface area contributed by atoms with E-state index in [2.05, 4.69) is 11.9 Å². The smallest absolute Gasteiger partial charge is 0.338 e. The number of nitrogens with zero attached hydrogens (tertiary/aromatic N) is 2. The lowest BCUT2D eigenvalue weighted by Gasteiger charge is -2.10. The number of primary sulfonamides is 1. The Hall–Kier alpha value is -2.75. The Morgan fingerprint density at radius 2 is 1.97 bits per heavy atom. The fraction of sp³-hybridized carbons (Fsp3) is 0.333. The first-order valence-corrected chi connectivity index (χ1v) is 11.1. The summed E-state index contributed by atoms with van der Waals surface area (Å²) >= 11 is 0. The average Bonchev–Trinajstić information content (AvgIpc) is 3.07. The summed E-state index contributed by atoms with van der Waals surface area (Å²) in [6.07, 6.45) is 1.88. The molecule has 0 saturated heterocycles. The first-order valence-electron chi connectivity index (χ1n) is 9.60. The summed E-state index contributed by atoms with van der Waals surface area (Å²) in [5.41, 5.74) is 2.56. The number of esters is 1. The van der Waals surface area contributed by atoms with Crippen LogP contribution in [0.15, 0.2) is 47.4 Å². The standard InChI is InChI=1S/C21H25N3O5S/c1-3-4-10-24-19-9-8-17(30(22,26)27)12-18(19)23-20(24)14-29-21(25)16-7-5-6-15(11-16)13-28-2/h5-9,11-12H,3-4,10,13-14H2,1-2H3,(H2,22,26,27). The fourth-order valence-electron chi connectivity index (χ4n) is 3.18. The van der Waals surface area contributed by atoms with Gasteiger partial charge in [-0.1, -0.05) is 25.5 Å². The predicted octanol–water partition coefficient (Wildman–Crippen LogP) is 2.99. The Balaban J connectivity index is 1.86. The number of imidazole rings is 1. The second-order valence-corrected chi connectivity index (χ2v) is 8.50. The van der Waals surface area contributed by atoms with Crippen molar-refractivity contribution in [1.82, 2.24) is 9.55 Å². The number of hydrogen-bond acceptors (Lipinski definition) is 6. The zero-order valence-corrected chi connectivity index (χ0v) is 17.8. The molecule has 1 aromatic heterocycles. The van der Waals surface area contributed by atoms with E-state index in [1.54, 1.807) is 31.4 Å². The molecule has 1 heterocycles. The highest BCUT2D eigenvalue weighted by atomic mass is 32.2. The molecular weight excluding hydrogens is 406 g/mol. The second kappa shape index (κ2) is 9.38. The summed E-state index contributed by atoms with van der Waals surface area (Å²) in [7, 11) is -2.24. The fourth-order valence-corrected chi connectivity index (χ4v) is 3.71. The number of hydrogen-bond donors (Lipinski definition) is 1. The number of rotatable bonds is 9. The number of aryl methyl sites for hydroxylation is 1. The molecule has 0 amide bonds. The molecule has 0 aliphatic carbocycles. The van der Waals surface area contributed by atoms with Crippen LogP contribution in [0.3, 0.4) is 0 Å². The molecule has 0 atom stereocenters. The van der Waals surface area contributed by atoms with Crippen LogP contribution >= 0.6 is 0 Å². The van der Waals surface area contributed by atoms with Crippen LogP contribution in [0.1, 0.15) is 41.5 Å². The van der Waals surface area contributed by atoms with Gasteiger partial charge in [0.15, 0.2) is 0 Å². The number of ether oxygens (including phenoxy) is 2. The molecule has 0 spiro atoms. The minimum Gasteiger partial charge on any atom is -0.454 e. The summed E-state index contributed by atoms with van der Waals surface area (Å²) in [6.45, 7) is 3.12. The highest BCUT2D eigenvalue weighted by Crippen LogP contribution is 2.22. The number of fused-ring (bicyclic) bond motifs is 1. The SMILES string of the molecule is CCCCn1c(COC(=O)c2cccc(COC)c2)nc2cc(S(N)(=O)=O)ccc21. The first kappa shape index (κ1) is 21.9. The van der Waals surface area contributed by atoms with Crippen LogP contribution in [0.25, 0.3) is 11.0 Å². The van der Waals surface area contributed by atoms with E-state index < -0.39 is 16.0 Å². The zero-order valence-electron chi connectivity index (χ0n) is 17.0. The van der Waals surface area contributed by atoms with Crippen molar-refractivity contribution < 1.29 is 22.7 Å². The number of nitrogens with two attached hydrogens (primary N) is 1. The maximum atomic E-state index is 12.5. The molecule has 0 bridgehead atoms. The number of methoxy groups -OCH3 is 1. The van der Waals surface area contributed by atoms with Crippen LogP contribution in [0.2, 0.25) is 0 Å². The average molecular weight is 432 g/mol. The predicted molar refractivity (Wildman–Crippen MR) is 112 cm³/mol. The molecule has 3 aromatic rings. The van der Waals surface area contributed by atoms with Gasteiger partial charge < -0.3 is 14.0 Å². The van der Waals surface area contributed by atoms with Crippen molar-refractivity contribution in [3.63, 3.8) is 0 Å². The molecule has 2 aromatic carbocycles. The third-order valence-electron chi connectivity index (χ3n) is 4.67. The summed E-state index contributed by atoms with van der Waals surface area (Å²) in [5.74, 6) is 0.0821. The summed E-state index contributed by atoms with van der Waals surface area (Å²) in [5, 5.41) is 5.23. The van der Waals surface area contributed by atoms with Crippen molar-refractivity contribution in [1.29, 1.82) is 0 Å². The van der Waals surface area contributed by atoms with Gasteiger partial charge in [0, 0.05) is 13.7 Å². The molecule has 0 radical (unpaired) electrons. The second-order valence-electron chi connectivity index (χ2n) is 6.94. The van der Waals surface area contributed by atoms with Crippen molar-refractivity contribution in [2.24, 2.45) is 5.14 Å². The minimum absolute atomic E-state index is 0.00588. The Kier molecular flexibility index (Phi) is 6.86. The normalized spacial score (nSPS) is 11.7. The Morgan fingerprint density at radius 1 is 1.17 bits per heavy atom. The molecule has 0 unspecified atom stereocenters. The van der Waals surface area contributed by atoms with Gasteiger partial charge in [0.05, 0.1) is 28.1 Å². The largest absolute Gasteiger partial charge is 0.454 e. The topological polar surface area (TPSA) is 114 Å². The van der Waals surface area contributed by atoms with Crippen LogP contribution in [0.5, 0.6) is 0 Å². The maximum Gasteiger partial charge on any atom is 0.338 e. The molecule has 30 heavy (non-hydrogen) atoms. The summed E-state index contributed by atoms with van der Waals surface area (Å²) in [4.78, 5) is 17.0. The number of carbonyl (C=O) groups excluding carboxylic acids is 1. The van der Waals surface area contributed by atoms with Crippen LogP contribution in [0, 0.1) is 0 Å². The molecule has 3 rings (SSSR count). The molecule has 0 fully saturated rings. The Labute approximate surface area is 175 Å². The van der Waals surface area contributed by atoms with E-state index in [4.69, 9.17) is 14.6 Å². The first-order chi connectivity index (χ1) is 14.3. The molecule has 160 valence electrons. The lowest BCUT2D eigenvalue weighted by atomic mass is 10.1. The highest BCUT2D eigenvalue weighted by Gasteiger charge is 2.16. The van der Waals surface area contributed by atoms with Gasteiger partial charge in [-0.05, 0) is 42.3 Å². The molecule has 0 saturated carbocycles. The quantitative estimate of drug-likeness (QED) is 0.521. The van der Waals surface area contributed by atoms with Gasteiger partial charge >= 0.3 is 5.97 Å². The number of carbonyl (C=O) groups is 1. The van der Waals surface area contributed by atoms with Gasteiger partial charge in [0.1, 0.15) is 12.4 Å². The van der Waals surface area contributed by atoms with E-state index in [1.807, 2.05) is 10.6 Å². The highest BCUT2D eigenvalue weighted by molar-refractivity contribution is 7.89. The van der Waals surface area contributed by atoms with Crippen LogP contribution < -0.4 is 5.14 Å².